The summed E-state index contributed by atoms with van der Waals surface area (Å²) in [5.41, 5.74) is 1.53. The summed E-state index contributed by atoms with van der Waals surface area (Å²) in [6, 6.07) is 7.14. The Kier molecular flexibility index (Phi) is 5.74. The number of aryl methyl sites for hydroxylation is 1. The van der Waals surface area contributed by atoms with E-state index in [1.807, 2.05) is 17.9 Å². The van der Waals surface area contributed by atoms with Gasteiger partial charge in [-0.3, -0.25) is 14.4 Å². The van der Waals surface area contributed by atoms with Crippen LogP contribution in [-0.2, 0) is 4.79 Å². The van der Waals surface area contributed by atoms with Crippen LogP contribution >= 0.6 is 0 Å². The molecule has 2 fully saturated rings. The van der Waals surface area contributed by atoms with Gasteiger partial charge in [0.25, 0.3) is 11.8 Å². The average molecular weight is 407 g/mol. The molecule has 0 unspecified atom stereocenters. The SMILES string of the molecule is Cc1cccc(C(=O)Nc2nccnc2C(=O)NC2CCN(C(=O)C3CC3)CC2)c1. The molecule has 0 spiro atoms. The second-order valence-corrected chi connectivity index (χ2v) is 7.92. The molecule has 8 heteroatoms. The minimum atomic E-state index is -0.380. The van der Waals surface area contributed by atoms with Gasteiger partial charge in [-0.2, -0.15) is 0 Å². The number of aromatic nitrogens is 2. The van der Waals surface area contributed by atoms with Crippen LogP contribution < -0.4 is 10.6 Å². The van der Waals surface area contributed by atoms with Crippen LogP contribution in [0.4, 0.5) is 5.82 Å². The highest BCUT2D eigenvalue weighted by Crippen LogP contribution is 2.31. The average Bonchev–Trinajstić information content (AvgIpc) is 3.59. The number of benzene rings is 1. The first-order chi connectivity index (χ1) is 14.5. The van der Waals surface area contributed by atoms with E-state index in [9.17, 15) is 14.4 Å². The molecule has 1 aliphatic heterocycles. The van der Waals surface area contributed by atoms with E-state index in [0.717, 1.165) is 18.4 Å². The Bertz CT molecular complexity index is 965. The first-order valence-electron chi connectivity index (χ1n) is 10.3. The molecule has 1 saturated heterocycles. The number of carbonyl (C=O) groups is 3. The third-order valence-corrected chi connectivity index (χ3v) is 5.49. The van der Waals surface area contributed by atoms with Gasteiger partial charge in [0.2, 0.25) is 5.91 Å². The lowest BCUT2D eigenvalue weighted by atomic mass is 10.0. The Balaban J connectivity index is 1.37. The van der Waals surface area contributed by atoms with E-state index in [4.69, 9.17) is 0 Å². The Labute approximate surface area is 175 Å². The summed E-state index contributed by atoms with van der Waals surface area (Å²) in [6.07, 6.45) is 6.27. The number of piperidine rings is 1. The molecule has 2 heterocycles. The van der Waals surface area contributed by atoms with Crippen molar-refractivity contribution in [2.45, 2.75) is 38.6 Å². The van der Waals surface area contributed by atoms with Crippen molar-refractivity contribution in [2.24, 2.45) is 5.92 Å². The molecule has 2 N–H and O–H groups in total. The van der Waals surface area contributed by atoms with Crippen molar-refractivity contribution in [1.29, 1.82) is 0 Å². The molecular weight excluding hydrogens is 382 g/mol. The fraction of sp³-hybridized carbons (Fsp3) is 0.409. The molecule has 156 valence electrons. The second kappa shape index (κ2) is 8.61. The van der Waals surface area contributed by atoms with Crippen LogP contribution in [-0.4, -0.2) is 51.7 Å². The summed E-state index contributed by atoms with van der Waals surface area (Å²) in [5, 5.41) is 5.66. The molecule has 0 atom stereocenters. The summed E-state index contributed by atoms with van der Waals surface area (Å²) in [7, 11) is 0. The quantitative estimate of drug-likeness (QED) is 0.790. The van der Waals surface area contributed by atoms with Crippen LogP contribution in [0, 0.1) is 12.8 Å². The molecule has 0 radical (unpaired) electrons. The lowest BCUT2D eigenvalue weighted by Crippen LogP contribution is -2.47. The maximum absolute atomic E-state index is 12.8. The topological polar surface area (TPSA) is 104 Å². The van der Waals surface area contributed by atoms with Crippen molar-refractivity contribution in [2.75, 3.05) is 18.4 Å². The van der Waals surface area contributed by atoms with E-state index in [1.165, 1.54) is 12.4 Å². The van der Waals surface area contributed by atoms with E-state index in [2.05, 4.69) is 20.6 Å². The summed E-state index contributed by atoms with van der Waals surface area (Å²) < 4.78 is 0. The van der Waals surface area contributed by atoms with Gasteiger partial charge in [-0.1, -0.05) is 17.7 Å². The number of nitrogens with zero attached hydrogens (tertiary/aromatic N) is 3. The molecule has 2 aliphatic rings. The normalized spacial score (nSPS) is 16.8. The lowest BCUT2D eigenvalue weighted by Gasteiger charge is -2.32. The van der Waals surface area contributed by atoms with Gasteiger partial charge in [0.15, 0.2) is 11.5 Å². The lowest BCUT2D eigenvalue weighted by molar-refractivity contribution is -0.133. The van der Waals surface area contributed by atoms with Gasteiger partial charge in [0.05, 0.1) is 0 Å². The summed E-state index contributed by atoms with van der Waals surface area (Å²) in [6.45, 7) is 3.21. The smallest absolute Gasteiger partial charge is 0.273 e. The summed E-state index contributed by atoms with van der Waals surface area (Å²) >= 11 is 0. The zero-order chi connectivity index (χ0) is 21.1. The molecule has 3 amide bonds. The van der Waals surface area contributed by atoms with Gasteiger partial charge >= 0.3 is 0 Å². The monoisotopic (exact) mass is 407 g/mol. The van der Waals surface area contributed by atoms with Gasteiger partial charge in [-0.25, -0.2) is 9.97 Å². The van der Waals surface area contributed by atoms with E-state index in [-0.39, 0.29) is 41.2 Å². The van der Waals surface area contributed by atoms with E-state index in [1.54, 1.807) is 18.2 Å². The van der Waals surface area contributed by atoms with Crippen molar-refractivity contribution in [3.63, 3.8) is 0 Å². The number of amides is 3. The van der Waals surface area contributed by atoms with E-state index < -0.39 is 0 Å². The highest BCUT2D eigenvalue weighted by atomic mass is 16.2. The number of likely N-dealkylation sites (tertiary alicyclic amines) is 1. The Morgan fingerprint density at radius 2 is 1.73 bits per heavy atom. The van der Waals surface area contributed by atoms with Crippen LogP contribution in [0.1, 0.15) is 52.1 Å². The molecule has 1 aromatic carbocycles. The third-order valence-electron chi connectivity index (χ3n) is 5.49. The fourth-order valence-electron chi connectivity index (χ4n) is 3.65. The van der Waals surface area contributed by atoms with Gasteiger partial charge in [0, 0.05) is 43.0 Å². The van der Waals surface area contributed by atoms with Gasteiger partial charge in [0.1, 0.15) is 0 Å². The molecular formula is C22H25N5O3. The minimum Gasteiger partial charge on any atom is -0.348 e. The summed E-state index contributed by atoms with van der Waals surface area (Å²) in [5.74, 6) is -0.136. The Hall–Kier alpha value is -3.29. The molecule has 0 bridgehead atoms. The third kappa shape index (κ3) is 4.64. The first-order valence-corrected chi connectivity index (χ1v) is 10.3. The Morgan fingerprint density at radius 3 is 2.43 bits per heavy atom. The van der Waals surface area contributed by atoms with Crippen LogP contribution in [0.5, 0.6) is 0 Å². The first kappa shape index (κ1) is 20.0. The zero-order valence-corrected chi connectivity index (χ0v) is 16.9. The maximum atomic E-state index is 12.8. The Morgan fingerprint density at radius 1 is 1.00 bits per heavy atom. The number of hydrogen-bond acceptors (Lipinski definition) is 5. The minimum absolute atomic E-state index is 0.0388. The van der Waals surface area contributed by atoms with Crippen molar-refractivity contribution in [3.05, 3.63) is 53.5 Å². The van der Waals surface area contributed by atoms with E-state index >= 15 is 0 Å². The highest BCUT2D eigenvalue weighted by Gasteiger charge is 2.35. The van der Waals surface area contributed by atoms with Crippen molar-refractivity contribution >= 4 is 23.5 Å². The number of rotatable bonds is 5. The molecule has 4 rings (SSSR count). The van der Waals surface area contributed by atoms with Crippen LogP contribution in [0.3, 0.4) is 0 Å². The van der Waals surface area contributed by atoms with Gasteiger partial charge in [-0.05, 0) is 44.7 Å². The van der Waals surface area contributed by atoms with Crippen LogP contribution in [0.25, 0.3) is 0 Å². The number of hydrogen-bond donors (Lipinski definition) is 2. The van der Waals surface area contributed by atoms with Gasteiger partial charge in [-0.15, -0.1) is 0 Å². The molecule has 30 heavy (non-hydrogen) atoms. The molecule has 1 aromatic heterocycles. The largest absolute Gasteiger partial charge is 0.348 e. The predicted molar refractivity (Wildman–Crippen MR) is 111 cm³/mol. The molecule has 2 aromatic rings. The van der Waals surface area contributed by atoms with Crippen LogP contribution in [0.2, 0.25) is 0 Å². The van der Waals surface area contributed by atoms with Crippen molar-refractivity contribution < 1.29 is 14.4 Å². The van der Waals surface area contributed by atoms with Crippen molar-refractivity contribution in [1.82, 2.24) is 20.2 Å². The van der Waals surface area contributed by atoms with Crippen molar-refractivity contribution in [3.8, 4) is 0 Å². The van der Waals surface area contributed by atoms with Crippen LogP contribution in [0.15, 0.2) is 36.7 Å². The highest BCUT2D eigenvalue weighted by molar-refractivity contribution is 6.07. The molecule has 1 aliphatic carbocycles. The maximum Gasteiger partial charge on any atom is 0.273 e. The van der Waals surface area contributed by atoms with E-state index in [0.29, 0.717) is 31.5 Å². The summed E-state index contributed by atoms with van der Waals surface area (Å²) in [4.78, 5) is 47.7. The molecule has 1 saturated carbocycles. The predicted octanol–water partition coefficient (Wildman–Crippen LogP) is 2.17. The fourth-order valence-corrected chi connectivity index (χ4v) is 3.65. The number of nitrogens with one attached hydrogen (secondary N) is 2. The number of carbonyl (C=O) groups excluding carboxylic acids is 3. The molecule has 8 nitrogen and oxygen atoms in total. The number of anilines is 1. The standard InChI is InChI=1S/C22H25N5O3/c1-14-3-2-4-16(13-14)20(28)26-19-18(23-9-10-24-19)21(29)25-17-7-11-27(12-8-17)22(30)15-5-6-15/h2-4,9-10,13,15,17H,5-8,11-12H2,1H3,(H,25,29)(H,24,26,28). The zero-order valence-electron chi connectivity index (χ0n) is 16.9. The van der Waals surface area contributed by atoms with Gasteiger partial charge < -0.3 is 15.5 Å². The second-order valence-electron chi connectivity index (χ2n) is 7.92.